The first-order valence-corrected chi connectivity index (χ1v) is 6.75. The molecule has 3 N–H and O–H groups in total. The molecule has 0 aromatic rings. The lowest BCUT2D eigenvalue weighted by Crippen LogP contribution is -2.39. The average molecular weight is 226 g/mol. The molecular weight excluding hydrogens is 196 g/mol. The van der Waals surface area contributed by atoms with E-state index >= 15 is 0 Å². The fraction of sp³-hybridized carbons (Fsp3) is 1.00. The van der Waals surface area contributed by atoms with E-state index in [1.165, 1.54) is 19.3 Å². The summed E-state index contributed by atoms with van der Waals surface area (Å²) in [6.45, 7) is 14.1. The summed E-state index contributed by atoms with van der Waals surface area (Å²) in [6, 6.07) is 0.478. The zero-order valence-electron chi connectivity index (χ0n) is 11.9. The molecule has 2 nitrogen and oxygen atoms in total. The second-order valence-corrected chi connectivity index (χ2v) is 6.82. The number of rotatable bonds is 6. The first-order valence-electron chi connectivity index (χ1n) is 6.75. The zero-order chi connectivity index (χ0) is 12.6. The Bertz CT molecular complexity index is 219. The van der Waals surface area contributed by atoms with E-state index in [4.69, 9.17) is 5.84 Å². The van der Waals surface area contributed by atoms with Crippen LogP contribution in [0.4, 0.5) is 0 Å². The van der Waals surface area contributed by atoms with Gasteiger partial charge in [0.25, 0.3) is 0 Å². The van der Waals surface area contributed by atoms with Gasteiger partial charge in [-0.1, -0.05) is 54.4 Å². The molecule has 0 spiro atoms. The van der Waals surface area contributed by atoms with Gasteiger partial charge in [0.1, 0.15) is 0 Å². The molecule has 0 bridgehead atoms. The van der Waals surface area contributed by atoms with E-state index in [1.54, 1.807) is 0 Å². The summed E-state index contributed by atoms with van der Waals surface area (Å²) in [5.74, 6) is 7.24. The fourth-order valence-corrected chi connectivity index (χ4v) is 3.60. The standard InChI is InChI=1S/C14H30N2/c1-7-8-10(2)9-11(16-15)12-13(3,4)14(12,5)6/h10-12,16H,7-9,15H2,1-6H3. The molecule has 0 radical (unpaired) electrons. The molecule has 2 unspecified atom stereocenters. The Morgan fingerprint density at radius 1 is 1.19 bits per heavy atom. The summed E-state index contributed by atoms with van der Waals surface area (Å²) in [4.78, 5) is 0. The normalized spacial score (nSPS) is 26.4. The lowest BCUT2D eigenvalue weighted by molar-refractivity contribution is 0.323. The molecule has 1 rings (SSSR count). The number of hydrogen-bond acceptors (Lipinski definition) is 2. The molecule has 0 aliphatic heterocycles. The van der Waals surface area contributed by atoms with Crippen LogP contribution in [0.25, 0.3) is 0 Å². The van der Waals surface area contributed by atoms with Gasteiger partial charge >= 0.3 is 0 Å². The number of hydrogen-bond donors (Lipinski definition) is 2. The zero-order valence-corrected chi connectivity index (χ0v) is 11.9. The van der Waals surface area contributed by atoms with Gasteiger partial charge in [-0.25, -0.2) is 0 Å². The largest absolute Gasteiger partial charge is 0.271 e. The Hall–Kier alpha value is -0.0800. The highest BCUT2D eigenvalue weighted by molar-refractivity contribution is 5.16. The Morgan fingerprint density at radius 3 is 2.00 bits per heavy atom. The molecule has 0 heterocycles. The second-order valence-electron chi connectivity index (χ2n) is 6.82. The third-order valence-electron chi connectivity index (χ3n) is 5.19. The average Bonchev–Trinajstić information content (AvgIpc) is 2.55. The van der Waals surface area contributed by atoms with E-state index in [2.05, 4.69) is 47.0 Å². The van der Waals surface area contributed by atoms with E-state index in [-0.39, 0.29) is 0 Å². The summed E-state index contributed by atoms with van der Waals surface area (Å²) < 4.78 is 0. The van der Waals surface area contributed by atoms with E-state index in [9.17, 15) is 0 Å². The highest BCUT2D eigenvalue weighted by Gasteiger charge is 2.66. The molecule has 1 saturated carbocycles. The van der Waals surface area contributed by atoms with Gasteiger partial charge in [-0.3, -0.25) is 11.3 Å². The monoisotopic (exact) mass is 226 g/mol. The van der Waals surface area contributed by atoms with Gasteiger partial charge in [-0.15, -0.1) is 0 Å². The van der Waals surface area contributed by atoms with Crippen molar-refractivity contribution >= 4 is 0 Å². The summed E-state index contributed by atoms with van der Waals surface area (Å²) >= 11 is 0. The number of nitrogens with two attached hydrogens (primary N) is 1. The smallest absolute Gasteiger partial charge is 0.0251 e. The van der Waals surface area contributed by atoms with Crippen molar-refractivity contribution in [3.63, 3.8) is 0 Å². The minimum Gasteiger partial charge on any atom is -0.271 e. The maximum Gasteiger partial charge on any atom is 0.0251 e. The molecule has 96 valence electrons. The predicted molar refractivity (Wildman–Crippen MR) is 70.9 cm³/mol. The van der Waals surface area contributed by atoms with Crippen molar-refractivity contribution < 1.29 is 0 Å². The van der Waals surface area contributed by atoms with Gasteiger partial charge < -0.3 is 0 Å². The minimum absolute atomic E-state index is 0.427. The van der Waals surface area contributed by atoms with Crippen molar-refractivity contribution in [1.82, 2.24) is 5.43 Å². The molecule has 0 amide bonds. The lowest BCUT2D eigenvalue weighted by atomic mass is 9.92. The fourth-order valence-electron chi connectivity index (χ4n) is 3.60. The van der Waals surface area contributed by atoms with Crippen molar-refractivity contribution in [2.45, 2.75) is 66.8 Å². The summed E-state index contributed by atoms with van der Waals surface area (Å²) in [5.41, 5.74) is 3.92. The Morgan fingerprint density at radius 2 is 1.69 bits per heavy atom. The van der Waals surface area contributed by atoms with Gasteiger partial charge in [-0.2, -0.15) is 0 Å². The van der Waals surface area contributed by atoms with Crippen LogP contribution in [0.5, 0.6) is 0 Å². The van der Waals surface area contributed by atoms with Crippen molar-refractivity contribution in [2.75, 3.05) is 0 Å². The Kier molecular flexibility index (Phi) is 4.07. The highest BCUT2D eigenvalue weighted by atomic mass is 15.2. The lowest BCUT2D eigenvalue weighted by Gasteiger charge is -2.22. The first-order chi connectivity index (χ1) is 7.29. The van der Waals surface area contributed by atoms with Crippen molar-refractivity contribution in [1.29, 1.82) is 0 Å². The Labute approximate surface area is 101 Å². The van der Waals surface area contributed by atoms with Gasteiger partial charge in [0, 0.05) is 6.04 Å². The quantitative estimate of drug-likeness (QED) is 0.538. The summed E-state index contributed by atoms with van der Waals surface area (Å²) in [6.07, 6.45) is 3.80. The number of nitrogens with one attached hydrogen (secondary N) is 1. The van der Waals surface area contributed by atoms with Gasteiger partial charge in [-0.05, 0) is 29.1 Å². The molecule has 1 fully saturated rings. The topological polar surface area (TPSA) is 38.0 Å². The van der Waals surface area contributed by atoms with Gasteiger partial charge in [0.2, 0.25) is 0 Å². The molecule has 0 saturated heterocycles. The molecule has 2 atom stereocenters. The first kappa shape index (κ1) is 14.0. The van der Waals surface area contributed by atoms with Crippen LogP contribution >= 0.6 is 0 Å². The van der Waals surface area contributed by atoms with Crippen LogP contribution in [0.2, 0.25) is 0 Å². The maximum atomic E-state index is 5.75. The second kappa shape index (κ2) is 4.66. The third-order valence-corrected chi connectivity index (χ3v) is 5.19. The molecule has 2 heteroatoms. The summed E-state index contributed by atoms with van der Waals surface area (Å²) in [5, 5.41) is 0. The van der Waals surface area contributed by atoms with Crippen LogP contribution in [0.3, 0.4) is 0 Å². The Balaban J connectivity index is 2.57. The predicted octanol–water partition coefficient (Wildman–Crippen LogP) is 3.33. The van der Waals surface area contributed by atoms with Crippen molar-refractivity contribution in [3.8, 4) is 0 Å². The van der Waals surface area contributed by atoms with Crippen LogP contribution in [0, 0.1) is 22.7 Å². The maximum absolute atomic E-state index is 5.75. The molecule has 1 aliphatic rings. The number of hydrazine groups is 1. The van der Waals surface area contributed by atoms with Crippen LogP contribution in [0.15, 0.2) is 0 Å². The van der Waals surface area contributed by atoms with Crippen LogP contribution in [-0.2, 0) is 0 Å². The third kappa shape index (κ3) is 2.28. The molecule has 0 aromatic carbocycles. The highest BCUT2D eigenvalue weighted by Crippen LogP contribution is 2.70. The molecule has 0 aromatic heterocycles. The molecule has 16 heavy (non-hydrogen) atoms. The minimum atomic E-state index is 0.427. The SMILES string of the molecule is CCCC(C)CC(NN)C1C(C)(C)C1(C)C. The van der Waals surface area contributed by atoms with Gasteiger partial charge in [0.05, 0.1) is 0 Å². The van der Waals surface area contributed by atoms with Crippen LogP contribution in [0.1, 0.15) is 60.8 Å². The summed E-state index contributed by atoms with van der Waals surface area (Å²) in [7, 11) is 0. The van der Waals surface area contributed by atoms with E-state index in [0.717, 1.165) is 5.92 Å². The van der Waals surface area contributed by atoms with Crippen LogP contribution in [-0.4, -0.2) is 6.04 Å². The molecule has 1 aliphatic carbocycles. The van der Waals surface area contributed by atoms with Crippen molar-refractivity contribution in [2.24, 2.45) is 28.5 Å². The van der Waals surface area contributed by atoms with Crippen LogP contribution < -0.4 is 11.3 Å². The van der Waals surface area contributed by atoms with Crippen molar-refractivity contribution in [3.05, 3.63) is 0 Å². The molecular formula is C14H30N2. The van der Waals surface area contributed by atoms with E-state index in [0.29, 0.717) is 22.8 Å². The van der Waals surface area contributed by atoms with E-state index in [1.807, 2.05) is 0 Å². The van der Waals surface area contributed by atoms with Gasteiger partial charge in [0.15, 0.2) is 0 Å². The van der Waals surface area contributed by atoms with E-state index < -0.39 is 0 Å².